The van der Waals surface area contributed by atoms with Gasteiger partial charge in [-0.05, 0) is 23.8 Å². The average molecular weight is 358 g/mol. The number of carbonyl (C=O) groups excluding carboxylic acids is 1. The first-order chi connectivity index (χ1) is 12.5. The maximum atomic E-state index is 13.3. The van der Waals surface area contributed by atoms with E-state index in [4.69, 9.17) is 0 Å². The summed E-state index contributed by atoms with van der Waals surface area (Å²) >= 11 is 0. The number of aromatic nitrogens is 2. The maximum Gasteiger partial charge on any atom is 0.255 e. The molecule has 2 aliphatic rings. The topological polar surface area (TPSA) is 50.2 Å². The molecule has 0 radical (unpaired) electrons. The molecule has 1 aromatic heterocycles. The summed E-state index contributed by atoms with van der Waals surface area (Å²) in [4.78, 5) is 13.5. The van der Waals surface area contributed by atoms with Gasteiger partial charge in [-0.1, -0.05) is 18.7 Å². The van der Waals surface area contributed by atoms with Crippen LogP contribution >= 0.6 is 0 Å². The number of carbonyl (C=O) groups is 1. The first kappa shape index (κ1) is 16.8. The summed E-state index contributed by atoms with van der Waals surface area (Å²) in [6.07, 6.45) is 2.94. The third-order valence-electron chi connectivity index (χ3n) is 5.03. The van der Waals surface area contributed by atoms with E-state index >= 15 is 0 Å². The number of hydrogen-bond donors (Lipinski definition) is 1. The van der Waals surface area contributed by atoms with E-state index in [0.29, 0.717) is 25.2 Å². The Labute approximate surface area is 150 Å². The lowest BCUT2D eigenvalue weighted by Gasteiger charge is -2.35. The molecule has 0 spiro atoms. The molecule has 2 aromatic rings. The van der Waals surface area contributed by atoms with Crippen LogP contribution < -0.4 is 10.2 Å². The van der Waals surface area contributed by atoms with Gasteiger partial charge in [0, 0.05) is 43.7 Å². The van der Waals surface area contributed by atoms with Crippen LogP contribution in [0.1, 0.15) is 17.9 Å². The second-order valence-corrected chi connectivity index (χ2v) is 6.91. The predicted octanol–water partition coefficient (Wildman–Crippen LogP) is 3.08. The van der Waals surface area contributed by atoms with E-state index < -0.39 is 11.8 Å². The highest BCUT2D eigenvalue weighted by Gasteiger charge is 2.57. The van der Waals surface area contributed by atoms with Gasteiger partial charge in [-0.15, -0.1) is 0 Å². The summed E-state index contributed by atoms with van der Waals surface area (Å²) in [5.41, 5.74) is 1.61. The Hall–Kier alpha value is -2.70. The molecule has 136 valence electrons. The van der Waals surface area contributed by atoms with Gasteiger partial charge in [0.1, 0.15) is 5.82 Å². The van der Waals surface area contributed by atoms with E-state index in [0.717, 1.165) is 11.5 Å². The number of amides is 1. The monoisotopic (exact) mass is 358 g/mol. The summed E-state index contributed by atoms with van der Waals surface area (Å²) in [7, 11) is 0. The summed E-state index contributed by atoms with van der Waals surface area (Å²) < 4.78 is 28.4. The SMILES string of the molecule is C=CC(=O)NC[C@H]1CN(c2ccc([C@@H]3CC3(F)F)cc2)c2ccnn2C1. The zero-order valence-corrected chi connectivity index (χ0v) is 14.2. The van der Waals surface area contributed by atoms with Crippen molar-refractivity contribution in [2.75, 3.05) is 18.0 Å². The zero-order valence-electron chi connectivity index (χ0n) is 14.2. The van der Waals surface area contributed by atoms with Gasteiger partial charge in [0.15, 0.2) is 0 Å². The molecule has 4 rings (SSSR count). The van der Waals surface area contributed by atoms with Crippen molar-refractivity contribution in [2.45, 2.75) is 24.8 Å². The van der Waals surface area contributed by atoms with E-state index in [1.54, 1.807) is 18.3 Å². The van der Waals surface area contributed by atoms with Crippen molar-refractivity contribution in [3.8, 4) is 0 Å². The van der Waals surface area contributed by atoms with Gasteiger partial charge in [0.05, 0.1) is 12.1 Å². The summed E-state index contributed by atoms with van der Waals surface area (Å²) in [5.74, 6) is -2.26. The normalized spacial score (nSPS) is 23.2. The van der Waals surface area contributed by atoms with E-state index in [1.165, 1.54) is 6.08 Å². The van der Waals surface area contributed by atoms with Crippen molar-refractivity contribution in [1.29, 1.82) is 0 Å². The molecule has 1 amide bonds. The number of nitrogens with zero attached hydrogens (tertiary/aromatic N) is 3. The molecule has 1 saturated carbocycles. The van der Waals surface area contributed by atoms with E-state index in [-0.39, 0.29) is 18.2 Å². The maximum absolute atomic E-state index is 13.3. The van der Waals surface area contributed by atoms with Gasteiger partial charge in [-0.2, -0.15) is 5.10 Å². The van der Waals surface area contributed by atoms with Gasteiger partial charge in [0.25, 0.3) is 5.92 Å². The van der Waals surface area contributed by atoms with Gasteiger partial charge >= 0.3 is 0 Å². The third kappa shape index (κ3) is 3.09. The number of hydrogen-bond acceptors (Lipinski definition) is 3. The van der Waals surface area contributed by atoms with Crippen molar-refractivity contribution in [3.05, 3.63) is 54.7 Å². The van der Waals surface area contributed by atoms with Crippen LogP contribution in [0, 0.1) is 5.92 Å². The third-order valence-corrected chi connectivity index (χ3v) is 5.03. The van der Waals surface area contributed by atoms with E-state index in [9.17, 15) is 13.6 Å². The molecule has 0 unspecified atom stereocenters. The standard InChI is InChI=1S/C19H20F2N4O/c1-2-17(26)22-10-13-11-24(18-7-8-23-25(18)12-13)15-5-3-14(4-6-15)16-9-19(16,20)21/h2-8,13,16H,1,9-12H2,(H,22,26)/t13-,16-/m0/s1. The first-order valence-corrected chi connectivity index (χ1v) is 8.65. The number of halogens is 2. The van der Waals surface area contributed by atoms with Crippen molar-refractivity contribution < 1.29 is 13.6 Å². The molecule has 5 nitrogen and oxygen atoms in total. The number of benzene rings is 1. The van der Waals surface area contributed by atoms with Gasteiger partial charge < -0.3 is 10.2 Å². The molecule has 0 saturated heterocycles. The molecule has 1 N–H and O–H groups in total. The smallest absolute Gasteiger partial charge is 0.255 e. The van der Waals surface area contributed by atoms with Crippen LogP contribution in [0.3, 0.4) is 0 Å². The summed E-state index contributed by atoms with van der Waals surface area (Å²) in [5, 5.41) is 7.18. The number of rotatable bonds is 5. The second kappa shape index (κ2) is 6.23. The highest BCUT2D eigenvalue weighted by molar-refractivity contribution is 5.86. The number of anilines is 2. The van der Waals surface area contributed by atoms with Crippen molar-refractivity contribution in [2.24, 2.45) is 5.92 Å². The Morgan fingerprint density at radius 2 is 2.04 bits per heavy atom. The Balaban J connectivity index is 1.53. The minimum Gasteiger partial charge on any atom is -0.352 e. The van der Waals surface area contributed by atoms with Crippen LogP contribution in [0.2, 0.25) is 0 Å². The van der Waals surface area contributed by atoms with E-state index in [2.05, 4.69) is 21.9 Å². The van der Waals surface area contributed by atoms with Crippen molar-refractivity contribution >= 4 is 17.4 Å². The minimum absolute atomic E-state index is 0.0616. The van der Waals surface area contributed by atoms with E-state index in [1.807, 2.05) is 22.9 Å². The predicted molar refractivity (Wildman–Crippen MR) is 94.7 cm³/mol. The Morgan fingerprint density at radius 1 is 1.31 bits per heavy atom. The Bertz CT molecular complexity index is 830. The Kier molecular flexibility index (Phi) is 4.01. The fraction of sp³-hybridized carbons (Fsp3) is 0.368. The summed E-state index contributed by atoms with van der Waals surface area (Å²) in [6.45, 7) is 5.40. The lowest BCUT2D eigenvalue weighted by Crippen LogP contribution is -2.41. The number of fused-ring (bicyclic) bond motifs is 1. The molecule has 1 aliphatic heterocycles. The lowest BCUT2D eigenvalue weighted by atomic mass is 10.1. The highest BCUT2D eigenvalue weighted by atomic mass is 19.3. The average Bonchev–Trinajstić information content (AvgIpc) is 3.05. The van der Waals surface area contributed by atoms with Crippen LogP contribution in [-0.2, 0) is 11.3 Å². The second-order valence-electron chi connectivity index (χ2n) is 6.91. The molecule has 2 heterocycles. The summed E-state index contributed by atoms with van der Waals surface area (Å²) in [6, 6.07) is 9.26. The van der Waals surface area contributed by atoms with Gasteiger partial charge in [-0.25, -0.2) is 13.5 Å². The van der Waals surface area contributed by atoms with Crippen LogP contribution in [-0.4, -0.2) is 34.7 Å². The molecule has 1 fully saturated rings. The highest BCUT2D eigenvalue weighted by Crippen LogP contribution is 2.55. The lowest BCUT2D eigenvalue weighted by molar-refractivity contribution is -0.116. The minimum atomic E-state index is -2.56. The zero-order chi connectivity index (χ0) is 18.3. The molecular weight excluding hydrogens is 338 g/mol. The number of nitrogens with one attached hydrogen (secondary N) is 1. The van der Waals surface area contributed by atoms with Crippen LogP contribution in [0.5, 0.6) is 0 Å². The molecule has 1 aliphatic carbocycles. The van der Waals surface area contributed by atoms with Gasteiger partial charge in [-0.3, -0.25) is 4.79 Å². The van der Waals surface area contributed by atoms with Crippen molar-refractivity contribution in [3.63, 3.8) is 0 Å². The Morgan fingerprint density at radius 3 is 2.69 bits per heavy atom. The number of alkyl halides is 2. The van der Waals surface area contributed by atoms with Crippen LogP contribution in [0.4, 0.5) is 20.3 Å². The van der Waals surface area contributed by atoms with Crippen LogP contribution in [0.25, 0.3) is 0 Å². The molecule has 2 atom stereocenters. The fourth-order valence-corrected chi connectivity index (χ4v) is 3.50. The fourth-order valence-electron chi connectivity index (χ4n) is 3.50. The van der Waals surface area contributed by atoms with Crippen LogP contribution in [0.15, 0.2) is 49.2 Å². The molecule has 26 heavy (non-hydrogen) atoms. The largest absolute Gasteiger partial charge is 0.352 e. The first-order valence-electron chi connectivity index (χ1n) is 8.65. The van der Waals surface area contributed by atoms with Gasteiger partial charge in [0.2, 0.25) is 5.91 Å². The molecule has 7 heteroatoms. The molecular formula is C19H20F2N4O. The molecule has 0 bridgehead atoms. The molecule has 1 aromatic carbocycles. The van der Waals surface area contributed by atoms with Crippen molar-refractivity contribution in [1.82, 2.24) is 15.1 Å². The quantitative estimate of drug-likeness (QED) is 0.836.